The van der Waals surface area contributed by atoms with Gasteiger partial charge in [-0.1, -0.05) is 11.6 Å². The summed E-state index contributed by atoms with van der Waals surface area (Å²) in [5, 5.41) is 14.4. The van der Waals surface area contributed by atoms with Crippen molar-refractivity contribution in [3.8, 4) is 0 Å². The van der Waals surface area contributed by atoms with Crippen molar-refractivity contribution in [1.82, 2.24) is 14.6 Å². The third-order valence-corrected chi connectivity index (χ3v) is 2.08. The molecule has 1 N–H and O–H groups in total. The van der Waals surface area contributed by atoms with Crippen molar-refractivity contribution < 1.29 is 5.11 Å². The molecule has 0 aliphatic carbocycles. The van der Waals surface area contributed by atoms with Crippen molar-refractivity contribution in [2.45, 2.75) is 19.4 Å². The molecule has 2 heterocycles. The van der Waals surface area contributed by atoms with Crippen molar-refractivity contribution in [2.24, 2.45) is 0 Å². The highest BCUT2D eigenvalue weighted by molar-refractivity contribution is 6.30. The largest absolute Gasteiger partial charge is 0.382 e. The van der Waals surface area contributed by atoms with E-state index in [-0.39, 0.29) is 0 Å². The first-order chi connectivity index (χ1) is 6.47. The van der Waals surface area contributed by atoms with Gasteiger partial charge in [0, 0.05) is 17.3 Å². The summed E-state index contributed by atoms with van der Waals surface area (Å²) in [6.07, 6.45) is 1.71. The zero-order valence-electron chi connectivity index (χ0n) is 7.90. The lowest BCUT2D eigenvalue weighted by molar-refractivity contribution is 0.0690. The number of pyridine rings is 1. The fraction of sp³-hybridized carbons (Fsp3) is 0.333. The maximum Gasteiger partial charge on any atom is 0.182 e. The van der Waals surface area contributed by atoms with Crippen molar-refractivity contribution >= 4 is 17.2 Å². The predicted octanol–water partition coefficient (Wildman–Crippen LogP) is 1.61. The maximum atomic E-state index is 9.69. The molecule has 0 spiro atoms. The quantitative estimate of drug-likeness (QED) is 0.780. The van der Waals surface area contributed by atoms with Crippen molar-refractivity contribution in [1.29, 1.82) is 0 Å². The second kappa shape index (κ2) is 2.93. The first-order valence-corrected chi connectivity index (χ1v) is 4.59. The number of fused-ring (bicyclic) bond motifs is 1. The lowest BCUT2D eigenvalue weighted by Crippen LogP contribution is -2.17. The molecule has 0 saturated heterocycles. The molecule has 0 radical (unpaired) electrons. The summed E-state index contributed by atoms with van der Waals surface area (Å²) < 4.78 is 1.58. The van der Waals surface area contributed by atoms with Crippen LogP contribution < -0.4 is 0 Å². The Balaban J connectivity index is 2.63. The Morgan fingerprint density at radius 3 is 2.86 bits per heavy atom. The van der Waals surface area contributed by atoms with Gasteiger partial charge in [0.25, 0.3) is 0 Å². The molecular weight excluding hydrogens is 202 g/mol. The van der Waals surface area contributed by atoms with Crippen LogP contribution in [-0.4, -0.2) is 19.7 Å². The van der Waals surface area contributed by atoms with E-state index in [0.29, 0.717) is 16.5 Å². The van der Waals surface area contributed by atoms with E-state index in [1.54, 1.807) is 36.7 Å². The summed E-state index contributed by atoms with van der Waals surface area (Å²) in [6, 6.07) is 3.42. The second-order valence-electron chi connectivity index (χ2n) is 3.64. The van der Waals surface area contributed by atoms with Gasteiger partial charge in [0.15, 0.2) is 11.5 Å². The first kappa shape index (κ1) is 9.43. The molecular formula is C9H10ClN3O. The van der Waals surface area contributed by atoms with E-state index in [9.17, 15) is 5.11 Å². The molecule has 14 heavy (non-hydrogen) atoms. The summed E-state index contributed by atoms with van der Waals surface area (Å²) >= 11 is 5.80. The minimum atomic E-state index is -1.03. The van der Waals surface area contributed by atoms with Crippen molar-refractivity contribution in [2.75, 3.05) is 0 Å². The van der Waals surface area contributed by atoms with Gasteiger partial charge in [-0.25, -0.2) is 9.50 Å². The van der Waals surface area contributed by atoms with Crippen LogP contribution in [-0.2, 0) is 5.60 Å². The molecule has 0 aliphatic heterocycles. The third-order valence-electron chi connectivity index (χ3n) is 1.85. The van der Waals surface area contributed by atoms with Crippen LogP contribution in [0.5, 0.6) is 0 Å². The van der Waals surface area contributed by atoms with Crippen molar-refractivity contribution in [3.63, 3.8) is 0 Å². The van der Waals surface area contributed by atoms with Crippen LogP contribution in [0, 0.1) is 0 Å². The van der Waals surface area contributed by atoms with Crippen LogP contribution in [0.25, 0.3) is 5.65 Å². The number of aromatic nitrogens is 3. The van der Waals surface area contributed by atoms with E-state index >= 15 is 0 Å². The average molecular weight is 212 g/mol. The number of rotatable bonds is 1. The number of halogens is 1. The number of hydrogen-bond acceptors (Lipinski definition) is 3. The standard InChI is InChI=1S/C9H10ClN3O/c1-9(2,14)8-11-7-5-6(10)3-4-13(7)12-8/h3-5,14H,1-2H3. The SMILES string of the molecule is CC(C)(O)c1nc2cc(Cl)ccn2n1. The number of nitrogens with zero attached hydrogens (tertiary/aromatic N) is 3. The van der Waals surface area contributed by atoms with E-state index in [2.05, 4.69) is 10.1 Å². The molecule has 74 valence electrons. The third kappa shape index (κ3) is 1.58. The molecule has 0 fully saturated rings. The Hall–Kier alpha value is -1.13. The Labute approximate surface area is 86.1 Å². The molecule has 0 aliphatic rings. The van der Waals surface area contributed by atoms with E-state index < -0.39 is 5.60 Å². The molecule has 0 unspecified atom stereocenters. The van der Waals surface area contributed by atoms with Crippen LogP contribution in [0.15, 0.2) is 18.3 Å². The summed E-state index contributed by atoms with van der Waals surface area (Å²) in [6.45, 7) is 3.28. The van der Waals surface area contributed by atoms with Gasteiger partial charge in [0.2, 0.25) is 0 Å². The highest BCUT2D eigenvalue weighted by atomic mass is 35.5. The highest BCUT2D eigenvalue weighted by Gasteiger charge is 2.21. The Morgan fingerprint density at radius 2 is 2.21 bits per heavy atom. The average Bonchev–Trinajstić information content (AvgIpc) is 2.45. The van der Waals surface area contributed by atoms with Gasteiger partial charge in [-0.15, -0.1) is 5.10 Å². The molecule has 2 aromatic heterocycles. The highest BCUT2D eigenvalue weighted by Crippen LogP contribution is 2.17. The summed E-state index contributed by atoms with van der Waals surface area (Å²) in [7, 11) is 0. The van der Waals surface area contributed by atoms with Gasteiger partial charge in [0.05, 0.1) is 0 Å². The van der Waals surface area contributed by atoms with Gasteiger partial charge in [-0.3, -0.25) is 0 Å². The Bertz CT molecular complexity index is 472. The van der Waals surface area contributed by atoms with E-state index in [1.165, 1.54) is 0 Å². The zero-order valence-corrected chi connectivity index (χ0v) is 8.65. The predicted molar refractivity (Wildman–Crippen MR) is 53.2 cm³/mol. The molecule has 2 rings (SSSR count). The molecule has 0 aromatic carbocycles. The smallest absolute Gasteiger partial charge is 0.182 e. The minimum Gasteiger partial charge on any atom is -0.382 e. The topological polar surface area (TPSA) is 50.4 Å². The van der Waals surface area contributed by atoms with Crippen LogP contribution in [0.4, 0.5) is 0 Å². The van der Waals surface area contributed by atoms with Gasteiger partial charge in [-0.05, 0) is 19.9 Å². The first-order valence-electron chi connectivity index (χ1n) is 4.21. The van der Waals surface area contributed by atoms with Crippen LogP contribution in [0.2, 0.25) is 5.02 Å². The molecule has 4 nitrogen and oxygen atoms in total. The van der Waals surface area contributed by atoms with Crippen LogP contribution in [0.1, 0.15) is 19.7 Å². The lowest BCUT2D eigenvalue weighted by atomic mass is 10.1. The molecule has 0 amide bonds. The van der Waals surface area contributed by atoms with Crippen LogP contribution in [0.3, 0.4) is 0 Å². The lowest BCUT2D eigenvalue weighted by Gasteiger charge is -2.10. The number of aliphatic hydroxyl groups is 1. The fourth-order valence-corrected chi connectivity index (χ4v) is 1.27. The van der Waals surface area contributed by atoms with E-state index in [4.69, 9.17) is 11.6 Å². The van der Waals surface area contributed by atoms with Gasteiger partial charge in [0.1, 0.15) is 5.60 Å². The van der Waals surface area contributed by atoms with Crippen molar-refractivity contribution in [3.05, 3.63) is 29.2 Å². The molecule has 0 saturated carbocycles. The molecule has 5 heteroatoms. The Kier molecular flexibility index (Phi) is 1.97. The minimum absolute atomic E-state index is 0.389. The van der Waals surface area contributed by atoms with E-state index in [0.717, 1.165) is 0 Å². The summed E-state index contributed by atoms with van der Waals surface area (Å²) in [4.78, 5) is 4.16. The summed E-state index contributed by atoms with van der Waals surface area (Å²) in [5.41, 5.74) is -0.395. The number of hydrogen-bond donors (Lipinski definition) is 1. The molecule has 0 atom stereocenters. The fourth-order valence-electron chi connectivity index (χ4n) is 1.12. The van der Waals surface area contributed by atoms with E-state index in [1.807, 2.05) is 0 Å². The van der Waals surface area contributed by atoms with Gasteiger partial charge in [-0.2, -0.15) is 0 Å². The molecule has 0 bridgehead atoms. The monoisotopic (exact) mass is 211 g/mol. The Morgan fingerprint density at radius 1 is 1.50 bits per heavy atom. The van der Waals surface area contributed by atoms with Gasteiger partial charge >= 0.3 is 0 Å². The van der Waals surface area contributed by atoms with Crippen LogP contribution >= 0.6 is 11.6 Å². The normalized spacial score (nSPS) is 12.3. The zero-order chi connectivity index (χ0) is 10.3. The molecule has 2 aromatic rings. The maximum absolute atomic E-state index is 9.69. The second-order valence-corrected chi connectivity index (χ2v) is 4.08. The van der Waals surface area contributed by atoms with Gasteiger partial charge < -0.3 is 5.11 Å². The summed E-state index contributed by atoms with van der Waals surface area (Å²) in [5.74, 6) is 0.389.